The zero-order valence-corrected chi connectivity index (χ0v) is 21.5. The van der Waals surface area contributed by atoms with E-state index in [0.717, 1.165) is 24.5 Å². The molecule has 4 nitrogen and oxygen atoms in total. The number of rotatable bonds is 5. The molecule has 5 heteroatoms. The summed E-state index contributed by atoms with van der Waals surface area (Å²) in [5.74, 6) is 0.110. The number of likely N-dealkylation sites (N-methyl/N-ethyl adjacent to an activating group) is 1. The second-order valence-electron chi connectivity index (χ2n) is 9.53. The van der Waals surface area contributed by atoms with Gasteiger partial charge in [0.1, 0.15) is 0 Å². The van der Waals surface area contributed by atoms with Crippen molar-refractivity contribution in [2.75, 3.05) is 37.1 Å². The number of anilines is 3. The third kappa shape index (κ3) is 4.17. The van der Waals surface area contributed by atoms with Gasteiger partial charge in [-0.15, -0.1) is 12.4 Å². The molecule has 0 saturated carbocycles. The van der Waals surface area contributed by atoms with Crippen LogP contribution in [0.15, 0.2) is 114 Å². The number of fused-ring (bicyclic) bond motifs is 5. The van der Waals surface area contributed by atoms with Gasteiger partial charge in [-0.3, -0.25) is 5.01 Å². The summed E-state index contributed by atoms with van der Waals surface area (Å²) >= 11 is 0. The van der Waals surface area contributed by atoms with Crippen LogP contribution in [0.1, 0.15) is 28.7 Å². The van der Waals surface area contributed by atoms with Crippen molar-refractivity contribution in [3.63, 3.8) is 0 Å². The van der Waals surface area contributed by atoms with E-state index < -0.39 is 0 Å². The van der Waals surface area contributed by atoms with Gasteiger partial charge in [0.15, 0.2) is 0 Å². The van der Waals surface area contributed by atoms with E-state index in [9.17, 15) is 0 Å². The molecular weight excluding hydrogens is 464 g/mol. The van der Waals surface area contributed by atoms with Crippen LogP contribution in [-0.4, -0.2) is 37.8 Å². The molecule has 2 heterocycles. The Hall–Kier alpha value is -3.60. The van der Waals surface area contributed by atoms with Gasteiger partial charge >= 0.3 is 0 Å². The van der Waals surface area contributed by atoms with Crippen molar-refractivity contribution < 1.29 is 0 Å². The highest BCUT2D eigenvalue weighted by molar-refractivity contribution is 6.09. The molecule has 0 aromatic heterocycles. The number of hydrazone groups is 1. The van der Waals surface area contributed by atoms with Gasteiger partial charge in [-0.05, 0) is 49.5 Å². The van der Waals surface area contributed by atoms with Crippen LogP contribution in [0.5, 0.6) is 0 Å². The Kier molecular flexibility index (Phi) is 6.82. The molecule has 6 rings (SSSR count). The summed E-state index contributed by atoms with van der Waals surface area (Å²) in [6.45, 7) is 1.89. The highest BCUT2D eigenvalue weighted by Crippen LogP contribution is 2.53. The topological polar surface area (TPSA) is 22.1 Å². The minimum Gasteiger partial charge on any atom is -0.340 e. The average molecular weight is 495 g/mol. The van der Waals surface area contributed by atoms with Gasteiger partial charge in [-0.25, -0.2) is 0 Å². The van der Waals surface area contributed by atoms with E-state index in [1.54, 1.807) is 0 Å². The van der Waals surface area contributed by atoms with Gasteiger partial charge < -0.3 is 9.80 Å². The van der Waals surface area contributed by atoms with E-state index in [1.165, 1.54) is 28.1 Å². The van der Waals surface area contributed by atoms with Crippen molar-refractivity contribution in [1.29, 1.82) is 0 Å². The Morgan fingerprint density at radius 2 is 1.25 bits per heavy atom. The van der Waals surface area contributed by atoms with Crippen molar-refractivity contribution in [2.45, 2.75) is 12.0 Å². The van der Waals surface area contributed by atoms with Gasteiger partial charge in [0.2, 0.25) is 0 Å². The summed E-state index contributed by atoms with van der Waals surface area (Å²) < 4.78 is 0. The lowest BCUT2D eigenvalue weighted by Crippen LogP contribution is -2.29. The van der Waals surface area contributed by atoms with E-state index in [-0.39, 0.29) is 24.4 Å². The first-order chi connectivity index (χ1) is 17.2. The van der Waals surface area contributed by atoms with Crippen LogP contribution in [0.3, 0.4) is 0 Å². The smallest absolute Gasteiger partial charge is 0.0921 e. The van der Waals surface area contributed by atoms with Gasteiger partial charge in [0, 0.05) is 30.0 Å². The van der Waals surface area contributed by atoms with E-state index in [2.05, 4.69) is 138 Å². The Labute approximate surface area is 219 Å². The highest BCUT2D eigenvalue weighted by atomic mass is 35.5. The summed E-state index contributed by atoms with van der Waals surface area (Å²) in [4.78, 5) is 4.76. The third-order valence-corrected chi connectivity index (χ3v) is 7.06. The molecule has 0 aliphatic carbocycles. The molecule has 182 valence electrons. The minimum atomic E-state index is 0. The Balaban J connectivity index is 0.00000267. The molecule has 0 saturated heterocycles. The fourth-order valence-corrected chi connectivity index (χ4v) is 5.46. The van der Waals surface area contributed by atoms with E-state index >= 15 is 0 Å². The number of nitrogens with zero attached hydrogens (tertiary/aromatic N) is 4. The molecule has 4 aromatic carbocycles. The van der Waals surface area contributed by atoms with E-state index in [4.69, 9.17) is 5.10 Å². The van der Waals surface area contributed by atoms with Crippen LogP contribution in [0.2, 0.25) is 0 Å². The maximum atomic E-state index is 5.33. The predicted molar refractivity (Wildman–Crippen MR) is 153 cm³/mol. The molecular formula is C31H31ClN4. The molecule has 0 amide bonds. The van der Waals surface area contributed by atoms with Crippen LogP contribution in [0.4, 0.5) is 17.1 Å². The number of halogens is 1. The summed E-state index contributed by atoms with van der Waals surface area (Å²) in [5.41, 5.74) is 8.58. The summed E-state index contributed by atoms with van der Waals surface area (Å²) in [5, 5.41) is 7.58. The van der Waals surface area contributed by atoms with E-state index in [1.807, 2.05) is 0 Å². The predicted octanol–water partition coefficient (Wildman–Crippen LogP) is 6.87. The lowest BCUT2D eigenvalue weighted by molar-refractivity contribution is 0.418. The number of para-hydroxylation sites is 3. The maximum absolute atomic E-state index is 5.33. The molecule has 0 spiro atoms. The largest absolute Gasteiger partial charge is 0.340 e. The maximum Gasteiger partial charge on any atom is 0.0921 e. The second kappa shape index (κ2) is 10.2. The van der Waals surface area contributed by atoms with E-state index in [0.29, 0.717) is 0 Å². The molecule has 2 aliphatic heterocycles. The first-order valence-electron chi connectivity index (χ1n) is 12.3. The third-order valence-electron chi connectivity index (χ3n) is 7.06. The molecule has 2 unspecified atom stereocenters. The minimum absolute atomic E-state index is 0. The highest BCUT2D eigenvalue weighted by Gasteiger charge is 2.45. The van der Waals surface area contributed by atoms with Crippen molar-refractivity contribution in [3.8, 4) is 0 Å². The molecule has 2 atom stereocenters. The standard InChI is InChI=1S/C31H30N4.ClH/c1-33(2)21-22-34-27-19-11-9-17-25(27)29-30(23-13-5-3-6-14-23)32-35(24-15-7-4-8-16-24)31(29)26-18-10-12-20-28(26)34;/h3-20,29,31H,21-22H2,1-2H3;1H. The summed E-state index contributed by atoms with van der Waals surface area (Å²) in [6, 6.07) is 39.1. The Morgan fingerprint density at radius 1 is 0.694 bits per heavy atom. The number of benzene rings is 4. The van der Waals surface area contributed by atoms with Gasteiger partial charge in [0.05, 0.1) is 23.4 Å². The van der Waals surface area contributed by atoms with Crippen LogP contribution in [-0.2, 0) is 0 Å². The number of hydrogen-bond acceptors (Lipinski definition) is 4. The lowest BCUT2D eigenvalue weighted by atomic mass is 9.82. The van der Waals surface area contributed by atoms with Crippen molar-refractivity contribution >= 4 is 35.2 Å². The monoisotopic (exact) mass is 494 g/mol. The molecule has 0 bridgehead atoms. The molecule has 0 N–H and O–H groups in total. The lowest BCUT2D eigenvalue weighted by Gasteiger charge is -2.30. The second-order valence-corrected chi connectivity index (χ2v) is 9.53. The zero-order valence-electron chi connectivity index (χ0n) is 20.7. The number of hydrogen-bond donors (Lipinski definition) is 0. The Morgan fingerprint density at radius 3 is 1.92 bits per heavy atom. The van der Waals surface area contributed by atoms with Crippen molar-refractivity contribution in [2.24, 2.45) is 5.10 Å². The van der Waals surface area contributed by atoms with Crippen molar-refractivity contribution in [1.82, 2.24) is 4.90 Å². The quantitative estimate of drug-likeness (QED) is 0.302. The zero-order chi connectivity index (χ0) is 23.8. The summed E-state index contributed by atoms with van der Waals surface area (Å²) in [7, 11) is 4.28. The Bertz CT molecular complexity index is 1350. The summed E-state index contributed by atoms with van der Waals surface area (Å²) in [6.07, 6.45) is 0. The van der Waals surface area contributed by atoms with Crippen molar-refractivity contribution in [3.05, 3.63) is 126 Å². The molecule has 0 radical (unpaired) electrons. The fraction of sp³-hybridized carbons (Fsp3) is 0.194. The van der Waals surface area contributed by atoms with Crippen LogP contribution >= 0.6 is 12.4 Å². The first kappa shape index (κ1) is 24.1. The van der Waals surface area contributed by atoms with Gasteiger partial charge in [-0.2, -0.15) is 5.10 Å². The SMILES string of the molecule is CN(C)CCN1c2ccccc2C2C(c3ccccc3)=NN(c3ccccc3)C2c2ccccc21.Cl. The average Bonchev–Trinajstić information content (AvgIpc) is 3.25. The molecule has 2 aliphatic rings. The van der Waals surface area contributed by atoms with Crippen LogP contribution in [0.25, 0.3) is 0 Å². The van der Waals surface area contributed by atoms with Gasteiger partial charge in [-0.1, -0.05) is 84.9 Å². The van der Waals surface area contributed by atoms with Crippen LogP contribution in [0, 0.1) is 0 Å². The van der Waals surface area contributed by atoms with Crippen LogP contribution < -0.4 is 9.91 Å². The molecule has 0 fully saturated rings. The molecule has 36 heavy (non-hydrogen) atoms. The molecule has 4 aromatic rings. The normalized spacial score (nSPS) is 18.0. The first-order valence-corrected chi connectivity index (χ1v) is 12.3. The fourth-order valence-electron chi connectivity index (χ4n) is 5.46. The van der Waals surface area contributed by atoms with Gasteiger partial charge in [0.25, 0.3) is 0 Å².